The van der Waals surface area contributed by atoms with Crippen LogP contribution < -0.4 is 0 Å². The maximum absolute atomic E-state index is 5.39. The number of hydrogen-bond acceptors (Lipinski definition) is 3. The van der Waals surface area contributed by atoms with Crippen molar-refractivity contribution in [3.05, 3.63) is 0 Å². The van der Waals surface area contributed by atoms with Crippen molar-refractivity contribution < 1.29 is 0 Å². The van der Waals surface area contributed by atoms with Gasteiger partial charge in [0, 0.05) is 12.6 Å². The standard InChI is InChI=1S/C12H21N3/c1-3-7-13-9-14(8-4-2)11-15(10-13)12-5-6-12/h1,12H,4-11H2,2H3. The topological polar surface area (TPSA) is 9.72 Å². The largest absolute Gasteiger partial charge is 0.277 e. The Morgan fingerprint density at radius 3 is 2.53 bits per heavy atom. The van der Waals surface area contributed by atoms with Crippen molar-refractivity contribution in [2.75, 3.05) is 33.1 Å². The van der Waals surface area contributed by atoms with Crippen LogP contribution in [-0.4, -0.2) is 53.8 Å². The summed E-state index contributed by atoms with van der Waals surface area (Å²) in [5, 5.41) is 0. The third-order valence-corrected chi connectivity index (χ3v) is 3.08. The molecule has 1 saturated heterocycles. The molecule has 0 atom stereocenters. The van der Waals surface area contributed by atoms with Gasteiger partial charge in [-0.25, -0.2) is 0 Å². The van der Waals surface area contributed by atoms with Gasteiger partial charge in [-0.15, -0.1) is 6.42 Å². The van der Waals surface area contributed by atoms with E-state index in [0.29, 0.717) is 0 Å². The molecule has 84 valence electrons. The quantitative estimate of drug-likeness (QED) is 0.636. The molecule has 0 amide bonds. The van der Waals surface area contributed by atoms with Crippen LogP contribution in [0.15, 0.2) is 0 Å². The molecule has 2 fully saturated rings. The SMILES string of the molecule is C#CCN1CN(CCC)CN(C2CC2)C1. The van der Waals surface area contributed by atoms with E-state index in [0.717, 1.165) is 32.6 Å². The summed E-state index contributed by atoms with van der Waals surface area (Å²) in [7, 11) is 0. The zero-order valence-corrected chi connectivity index (χ0v) is 9.65. The number of terminal acetylenes is 1. The van der Waals surface area contributed by atoms with Crippen LogP contribution in [0.25, 0.3) is 0 Å². The highest BCUT2D eigenvalue weighted by atomic mass is 15.5. The first kappa shape index (κ1) is 10.9. The van der Waals surface area contributed by atoms with Gasteiger partial charge < -0.3 is 0 Å². The smallest absolute Gasteiger partial charge is 0.0622 e. The molecule has 1 saturated carbocycles. The summed E-state index contributed by atoms with van der Waals surface area (Å²) >= 11 is 0. The molecule has 0 aromatic carbocycles. The fourth-order valence-electron chi connectivity index (χ4n) is 2.29. The van der Waals surface area contributed by atoms with Crippen LogP contribution in [0, 0.1) is 12.3 Å². The van der Waals surface area contributed by atoms with Crippen molar-refractivity contribution in [3.63, 3.8) is 0 Å². The fourth-order valence-corrected chi connectivity index (χ4v) is 2.29. The minimum atomic E-state index is 0.781. The average Bonchev–Trinajstić information content (AvgIpc) is 3.01. The second-order valence-electron chi connectivity index (χ2n) is 4.67. The lowest BCUT2D eigenvalue weighted by atomic mass is 10.4. The molecule has 2 aliphatic rings. The molecule has 0 spiro atoms. The van der Waals surface area contributed by atoms with Gasteiger partial charge in [-0.05, 0) is 19.3 Å². The first-order valence-corrected chi connectivity index (χ1v) is 5.95. The fraction of sp³-hybridized carbons (Fsp3) is 0.833. The van der Waals surface area contributed by atoms with Crippen molar-refractivity contribution >= 4 is 0 Å². The summed E-state index contributed by atoms with van der Waals surface area (Å²) in [6, 6.07) is 0.838. The van der Waals surface area contributed by atoms with Crippen LogP contribution in [0.3, 0.4) is 0 Å². The lowest BCUT2D eigenvalue weighted by Gasteiger charge is -2.41. The van der Waals surface area contributed by atoms with Crippen LogP contribution in [-0.2, 0) is 0 Å². The van der Waals surface area contributed by atoms with E-state index in [2.05, 4.69) is 27.5 Å². The molecule has 0 aromatic heterocycles. The third-order valence-electron chi connectivity index (χ3n) is 3.08. The van der Waals surface area contributed by atoms with Gasteiger partial charge in [-0.2, -0.15) is 0 Å². The Labute approximate surface area is 93.0 Å². The number of rotatable bonds is 4. The van der Waals surface area contributed by atoms with Crippen molar-refractivity contribution in [2.45, 2.75) is 32.2 Å². The zero-order valence-electron chi connectivity index (χ0n) is 9.65. The Bertz CT molecular complexity index is 242. The molecule has 0 bridgehead atoms. The molecule has 0 N–H and O–H groups in total. The van der Waals surface area contributed by atoms with E-state index >= 15 is 0 Å². The van der Waals surface area contributed by atoms with E-state index in [4.69, 9.17) is 6.42 Å². The predicted octanol–water partition coefficient (Wildman–Crippen LogP) is 0.984. The van der Waals surface area contributed by atoms with Crippen molar-refractivity contribution in [2.24, 2.45) is 0 Å². The average molecular weight is 207 g/mol. The first-order chi connectivity index (χ1) is 7.33. The first-order valence-electron chi connectivity index (χ1n) is 5.95. The van der Waals surface area contributed by atoms with Gasteiger partial charge in [0.2, 0.25) is 0 Å². The molecule has 2 rings (SSSR count). The highest BCUT2D eigenvalue weighted by molar-refractivity contribution is 4.91. The van der Waals surface area contributed by atoms with Gasteiger partial charge in [-0.3, -0.25) is 14.7 Å². The maximum atomic E-state index is 5.39. The van der Waals surface area contributed by atoms with E-state index in [-0.39, 0.29) is 0 Å². The Balaban J connectivity index is 1.89. The number of nitrogens with zero attached hydrogens (tertiary/aromatic N) is 3. The third kappa shape index (κ3) is 2.94. The molecule has 1 heterocycles. The van der Waals surface area contributed by atoms with Gasteiger partial charge in [-0.1, -0.05) is 12.8 Å². The van der Waals surface area contributed by atoms with Gasteiger partial charge in [0.15, 0.2) is 0 Å². The van der Waals surface area contributed by atoms with Gasteiger partial charge >= 0.3 is 0 Å². The summed E-state index contributed by atoms with van der Waals surface area (Å²) in [5.74, 6) is 2.75. The zero-order chi connectivity index (χ0) is 10.7. The highest BCUT2D eigenvalue weighted by Gasteiger charge is 2.33. The van der Waals surface area contributed by atoms with Gasteiger partial charge in [0.25, 0.3) is 0 Å². The molecule has 0 unspecified atom stereocenters. The second-order valence-corrected chi connectivity index (χ2v) is 4.67. The number of hydrogen-bond donors (Lipinski definition) is 0. The van der Waals surface area contributed by atoms with Crippen LogP contribution >= 0.6 is 0 Å². The lowest BCUT2D eigenvalue weighted by Crippen LogP contribution is -2.55. The molecule has 15 heavy (non-hydrogen) atoms. The maximum Gasteiger partial charge on any atom is 0.0622 e. The molecule has 3 nitrogen and oxygen atoms in total. The van der Waals surface area contributed by atoms with Crippen LogP contribution in [0.1, 0.15) is 26.2 Å². The van der Waals surface area contributed by atoms with Crippen molar-refractivity contribution in [3.8, 4) is 12.3 Å². The predicted molar refractivity (Wildman–Crippen MR) is 62.0 cm³/mol. The Kier molecular flexibility index (Phi) is 3.63. The molecule has 1 aliphatic carbocycles. The van der Waals surface area contributed by atoms with E-state index in [1.165, 1.54) is 25.8 Å². The summed E-state index contributed by atoms with van der Waals surface area (Å²) in [6.07, 6.45) is 9.37. The van der Waals surface area contributed by atoms with Gasteiger partial charge in [0.05, 0.1) is 26.6 Å². The van der Waals surface area contributed by atoms with E-state index in [1.54, 1.807) is 0 Å². The molecule has 0 aromatic rings. The molecular formula is C12H21N3. The summed E-state index contributed by atoms with van der Waals surface area (Å²) in [4.78, 5) is 7.42. The van der Waals surface area contributed by atoms with E-state index in [9.17, 15) is 0 Å². The van der Waals surface area contributed by atoms with Gasteiger partial charge in [0.1, 0.15) is 0 Å². The summed E-state index contributed by atoms with van der Waals surface area (Å²) in [5.41, 5.74) is 0. The lowest BCUT2D eigenvalue weighted by molar-refractivity contribution is -0.0269. The second kappa shape index (κ2) is 4.98. The van der Waals surface area contributed by atoms with Crippen molar-refractivity contribution in [1.82, 2.24) is 14.7 Å². The Hall–Kier alpha value is -0.560. The monoisotopic (exact) mass is 207 g/mol. The molecular weight excluding hydrogens is 186 g/mol. The molecule has 3 heteroatoms. The minimum absolute atomic E-state index is 0.781. The van der Waals surface area contributed by atoms with Crippen LogP contribution in [0.2, 0.25) is 0 Å². The van der Waals surface area contributed by atoms with E-state index < -0.39 is 0 Å². The van der Waals surface area contributed by atoms with Crippen molar-refractivity contribution in [1.29, 1.82) is 0 Å². The molecule has 0 radical (unpaired) electrons. The van der Waals surface area contributed by atoms with Crippen LogP contribution in [0.4, 0.5) is 0 Å². The molecule has 1 aliphatic heterocycles. The van der Waals surface area contributed by atoms with E-state index in [1.807, 2.05) is 0 Å². The summed E-state index contributed by atoms with van der Waals surface area (Å²) < 4.78 is 0. The van der Waals surface area contributed by atoms with Crippen LogP contribution in [0.5, 0.6) is 0 Å². The summed E-state index contributed by atoms with van der Waals surface area (Å²) in [6.45, 7) is 7.45. The Morgan fingerprint density at radius 1 is 1.20 bits per heavy atom. The normalized spacial score (nSPS) is 25.3. The Morgan fingerprint density at radius 2 is 1.93 bits per heavy atom. The highest BCUT2D eigenvalue weighted by Crippen LogP contribution is 2.28. The minimum Gasteiger partial charge on any atom is -0.277 e.